The van der Waals surface area contributed by atoms with Crippen molar-refractivity contribution in [2.75, 3.05) is 17.2 Å². The molecule has 0 bridgehead atoms. The second kappa shape index (κ2) is 6.04. The zero-order valence-electron chi connectivity index (χ0n) is 11.1. The first-order chi connectivity index (χ1) is 9.13. The molecular formula is C14H17N3O2. The molecule has 0 saturated heterocycles. The molecule has 1 heterocycles. The van der Waals surface area contributed by atoms with Crippen LogP contribution in [0.3, 0.4) is 0 Å². The van der Waals surface area contributed by atoms with Crippen molar-refractivity contribution in [2.45, 2.75) is 20.3 Å². The van der Waals surface area contributed by atoms with E-state index >= 15 is 0 Å². The molecule has 0 unspecified atom stereocenters. The maximum absolute atomic E-state index is 11.6. The van der Waals surface area contributed by atoms with Crippen LogP contribution >= 0.6 is 0 Å². The summed E-state index contributed by atoms with van der Waals surface area (Å²) in [4.78, 5) is 11.6. The number of carbonyl (C=O) groups excluding carboxylic acids is 1. The average molecular weight is 259 g/mol. The van der Waals surface area contributed by atoms with Crippen molar-refractivity contribution in [3.05, 3.63) is 41.7 Å². The Bertz CT molecular complexity index is 563. The normalized spacial score (nSPS) is 10.2. The fraction of sp³-hybridized carbons (Fsp3) is 0.286. The van der Waals surface area contributed by atoms with Crippen molar-refractivity contribution in [2.24, 2.45) is 0 Å². The van der Waals surface area contributed by atoms with Gasteiger partial charge in [-0.1, -0.05) is 17.3 Å². The molecule has 19 heavy (non-hydrogen) atoms. The van der Waals surface area contributed by atoms with Gasteiger partial charge in [-0.25, -0.2) is 0 Å². The fourth-order valence-electron chi connectivity index (χ4n) is 1.71. The standard InChI is InChI=1S/C14H17N3O2/c1-10-4-3-5-12(8-10)15-7-6-14(18)16-13-9-11(2)19-17-13/h3-5,8-9,15H,6-7H2,1-2H3,(H,16,17,18). The number of nitrogens with zero attached hydrogens (tertiary/aromatic N) is 1. The number of carbonyl (C=O) groups is 1. The first-order valence-corrected chi connectivity index (χ1v) is 6.17. The van der Waals surface area contributed by atoms with Crippen molar-refractivity contribution >= 4 is 17.4 Å². The zero-order valence-corrected chi connectivity index (χ0v) is 11.1. The Balaban J connectivity index is 1.75. The van der Waals surface area contributed by atoms with E-state index in [1.54, 1.807) is 13.0 Å². The number of hydrogen-bond donors (Lipinski definition) is 2. The van der Waals surface area contributed by atoms with Gasteiger partial charge in [0.05, 0.1) is 0 Å². The molecule has 0 aliphatic carbocycles. The van der Waals surface area contributed by atoms with E-state index in [-0.39, 0.29) is 5.91 Å². The van der Waals surface area contributed by atoms with Crippen LogP contribution < -0.4 is 10.6 Å². The number of amides is 1. The second-order valence-electron chi connectivity index (χ2n) is 4.42. The third kappa shape index (κ3) is 4.13. The largest absolute Gasteiger partial charge is 0.385 e. The van der Waals surface area contributed by atoms with E-state index in [9.17, 15) is 4.79 Å². The van der Waals surface area contributed by atoms with Crippen LogP contribution in [-0.4, -0.2) is 17.6 Å². The SMILES string of the molecule is Cc1cccc(NCCC(=O)Nc2cc(C)on2)c1. The lowest BCUT2D eigenvalue weighted by Crippen LogP contribution is -2.16. The lowest BCUT2D eigenvalue weighted by Gasteiger charge is -2.06. The molecule has 1 aromatic carbocycles. The lowest BCUT2D eigenvalue weighted by atomic mass is 10.2. The highest BCUT2D eigenvalue weighted by Gasteiger charge is 2.05. The third-order valence-electron chi connectivity index (χ3n) is 2.59. The fourth-order valence-corrected chi connectivity index (χ4v) is 1.71. The van der Waals surface area contributed by atoms with E-state index in [2.05, 4.69) is 15.8 Å². The van der Waals surface area contributed by atoms with Gasteiger partial charge in [0.15, 0.2) is 5.82 Å². The number of anilines is 2. The molecular weight excluding hydrogens is 242 g/mol. The summed E-state index contributed by atoms with van der Waals surface area (Å²) in [6.07, 6.45) is 0.375. The van der Waals surface area contributed by atoms with Gasteiger partial charge in [-0.2, -0.15) is 0 Å². The average Bonchev–Trinajstić information content (AvgIpc) is 2.75. The topological polar surface area (TPSA) is 67.2 Å². The number of aromatic nitrogens is 1. The summed E-state index contributed by atoms with van der Waals surface area (Å²) < 4.78 is 4.87. The molecule has 0 atom stereocenters. The summed E-state index contributed by atoms with van der Waals surface area (Å²) >= 11 is 0. The summed E-state index contributed by atoms with van der Waals surface area (Å²) in [7, 11) is 0. The van der Waals surface area contributed by atoms with Crippen LogP contribution in [0.15, 0.2) is 34.9 Å². The molecule has 100 valence electrons. The smallest absolute Gasteiger partial charge is 0.227 e. The van der Waals surface area contributed by atoms with Crippen molar-refractivity contribution in [1.82, 2.24) is 5.16 Å². The molecule has 1 amide bonds. The van der Waals surface area contributed by atoms with Gasteiger partial charge in [0.2, 0.25) is 5.91 Å². The Morgan fingerprint density at radius 1 is 1.32 bits per heavy atom. The maximum Gasteiger partial charge on any atom is 0.227 e. The minimum atomic E-state index is -0.0894. The van der Waals surface area contributed by atoms with Crippen molar-refractivity contribution in [3.63, 3.8) is 0 Å². The summed E-state index contributed by atoms with van der Waals surface area (Å²) in [6, 6.07) is 9.72. The van der Waals surface area contributed by atoms with Crippen molar-refractivity contribution in [3.8, 4) is 0 Å². The van der Waals surface area contributed by atoms with Crippen LogP contribution in [0.4, 0.5) is 11.5 Å². The molecule has 2 aromatic rings. The van der Waals surface area contributed by atoms with E-state index in [1.807, 2.05) is 31.2 Å². The first-order valence-electron chi connectivity index (χ1n) is 6.17. The molecule has 5 heteroatoms. The van der Waals surface area contributed by atoms with Crippen LogP contribution in [-0.2, 0) is 4.79 Å². The van der Waals surface area contributed by atoms with Gasteiger partial charge in [0, 0.05) is 24.7 Å². The summed E-state index contributed by atoms with van der Waals surface area (Å²) in [6.45, 7) is 4.39. The van der Waals surface area contributed by atoms with E-state index in [0.717, 1.165) is 5.69 Å². The molecule has 0 spiro atoms. The van der Waals surface area contributed by atoms with Crippen molar-refractivity contribution < 1.29 is 9.32 Å². The number of benzene rings is 1. The minimum Gasteiger partial charge on any atom is -0.385 e. The van der Waals surface area contributed by atoms with Gasteiger partial charge in [0.25, 0.3) is 0 Å². The van der Waals surface area contributed by atoms with Crippen LogP contribution in [0.1, 0.15) is 17.7 Å². The van der Waals surface area contributed by atoms with E-state index < -0.39 is 0 Å². The molecule has 0 radical (unpaired) electrons. The Kier molecular flexibility index (Phi) is 4.18. The minimum absolute atomic E-state index is 0.0894. The summed E-state index contributed by atoms with van der Waals surface area (Å²) in [5.41, 5.74) is 2.21. The van der Waals surface area contributed by atoms with Gasteiger partial charge in [-0.3, -0.25) is 4.79 Å². The Labute approximate surface area is 112 Å². The predicted octanol–water partition coefficient (Wildman–Crippen LogP) is 2.73. The first kappa shape index (κ1) is 13.1. The van der Waals surface area contributed by atoms with Gasteiger partial charge < -0.3 is 15.2 Å². The van der Waals surface area contributed by atoms with Gasteiger partial charge in [-0.05, 0) is 31.5 Å². The van der Waals surface area contributed by atoms with Crippen LogP contribution in [0.2, 0.25) is 0 Å². The Hall–Kier alpha value is -2.30. The van der Waals surface area contributed by atoms with Gasteiger partial charge in [-0.15, -0.1) is 0 Å². The summed E-state index contributed by atoms with van der Waals surface area (Å²) in [5.74, 6) is 1.04. The number of rotatable bonds is 5. The third-order valence-corrected chi connectivity index (χ3v) is 2.59. The van der Waals surface area contributed by atoms with E-state index in [0.29, 0.717) is 24.5 Å². The van der Waals surface area contributed by atoms with Crippen LogP contribution in [0.5, 0.6) is 0 Å². The molecule has 0 aliphatic heterocycles. The molecule has 2 rings (SSSR count). The highest BCUT2D eigenvalue weighted by atomic mass is 16.5. The van der Waals surface area contributed by atoms with Crippen LogP contribution in [0.25, 0.3) is 0 Å². The van der Waals surface area contributed by atoms with E-state index in [4.69, 9.17) is 4.52 Å². The highest BCUT2D eigenvalue weighted by Crippen LogP contribution is 2.10. The Morgan fingerprint density at radius 3 is 2.84 bits per heavy atom. The molecule has 0 saturated carbocycles. The van der Waals surface area contributed by atoms with Gasteiger partial charge in [0.1, 0.15) is 5.76 Å². The number of aryl methyl sites for hydroxylation is 2. The molecule has 0 aliphatic rings. The maximum atomic E-state index is 11.6. The second-order valence-corrected chi connectivity index (χ2v) is 4.42. The monoisotopic (exact) mass is 259 g/mol. The Morgan fingerprint density at radius 2 is 2.16 bits per heavy atom. The van der Waals surface area contributed by atoms with E-state index in [1.165, 1.54) is 5.56 Å². The summed E-state index contributed by atoms with van der Waals surface area (Å²) in [5, 5.41) is 9.59. The number of hydrogen-bond acceptors (Lipinski definition) is 4. The molecule has 1 aromatic heterocycles. The van der Waals surface area contributed by atoms with Gasteiger partial charge >= 0.3 is 0 Å². The lowest BCUT2D eigenvalue weighted by molar-refractivity contribution is -0.116. The zero-order chi connectivity index (χ0) is 13.7. The highest BCUT2D eigenvalue weighted by molar-refractivity contribution is 5.89. The molecule has 0 fully saturated rings. The molecule has 5 nitrogen and oxygen atoms in total. The van der Waals surface area contributed by atoms with Crippen molar-refractivity contribution in [1.29, 1.82) is 0 Å². The quantitative estimate of drug-likeness (QED) is 0.866. The number of nitrogens with one attached hydrogen (secondary N) is 2. The van der Waals surface area contributed by atoms with Crippen LogP contribution in [0, 0.1) is 13.8 Å². The predicted molar refractivity (Wildman–Crippen MR) is 74.2 cm³/mol. The molecule has 2 N–H and O–H groups in total.